The smallest absolute Gasteiger partial charge is 0.318 e. The number of carbonyl (C=O) groups is 1. The van der Waals surface area contributed by atoms with Crippen LogP contribution in [0, 0.1) is 0 Å². The fourth-order valence-corrected chi connectivity index (χ4v) is 2.79. The Hall–Kier alpha value is -0.480. The number of ether oxygens (including phenoxy) is 1. The minimum absolute atomic E-state index is 0.0556. The van der Waals surface area contributed by atoms with E-state index in [2.05, 4.69) is 22.2 Å². The van der Waals surface area contributed by atoms with Crippen molar-refractivity contribution in [2.75, 3.05) is 12.9 Å². The lowest BCUT2D eigenvalue weighted by Crippen LogP contribution is -2.15. The van der Waals surface area contributed by atoms with Crippen molar-refractivity contribution in [2.45, 2.75) is 18.6 Å². The van der Waals surface area contributed by atoms with E-state index in [4.69, 9.17) is 0 Å². The van der Waals surface area contributed by atoms with Crippen molar-refractivity contribution in [1.29, 1.82) is 0 Å². The summed E-state index contributed by atoms with van der Waals surface area (Å²) in [5, 5.41) is 2.02. The molecule has 14 heavy (non-hydrogen) atoms. The van der Waals surface area contributed by atoms with Crippen LogP contribution in [0.1, 0.15) is 11.8 Å². The molecule has 0 aliphatic heterocycles. The maximum absolute atomic E-state index is 11.1. The lowest BCUT2D eigenvalue weighted by Gasteiger charge is -2.07. The third-order valence-corrected chi connectivity index (χ3v) is 3.90. The summed E-state index contributed by atoms with van der Waals surface area (Å²) in [5.41, 5.74) is 0. The third kappa shape index (κ3) is 3.72. The van der Waals surface area contributed by atoms with Crippen molar-refractivity contribution in [3.8, 4) is 0 Å². The first kappa shape index (κ1) is 11.6. The van der Waals surface area contributed by atoms with Crippen LogP contribution in [0.25, 0.3) is 0 Å². The van der Waals surface area contributed by atoms with Crippen LogP contribution in [-0.2, 0) is 16.0 Å². The molecule has 0 saturated heterocycles. The highest BCUT2D eigenvalue weighted by Gasteiger charge is 2.12. The highest BCUT2D eigenvalue weighted by molar-refractivity contribution is 8.00. The molecule has 1 aromatic rings. The second kappa shape index (κ2) is 6.09. The highest BCUT2D eigenvalue weighted by atomic mass is 32.2. The van der Waals surface area contributed by atoms with Crippen molar-refractivity contribution >= 4 is 29.1 Å². The molecule has 0 fully saturated rings. The van der Waals surface area contributed by atoms with Gasteiger partial charge in [-0.15, -0.1) is 23.1 Å². The molecule has 0 saturated carbocycles. The number of hydrogen-bond acceptors (Lipinski definition) is 4. The average Bonchev–Trinajstić information content (AvgIpc) is 2.69. The van der Waals surface area contributed by atoms with Crippen LogP contribution in [0.2, 0.25) is 0 Å². The number of thiophene rings is 1. The van der Waals surface area contributed by atoms with Crippen LogP contribution in [0.15, 0.2) is 17.5 Å². The Balaban J connectivity index is 2.18. The summed E-state index contributed by atoms with van der Waals surface area (Å²) in [6, 6.07) is 4.17. The maximum atomic E-state index is 11.1. The van der Waals surface area contributed by atoms with Gasteiger partial charge in [-0.2, -0.15) is 0 Å². The second-order valence-corrected chi connectivity index (χ2v) is 5.35. The summed E-state index contributed by atoms with van der Waals surface area (Å²) in [7, 11) is 1.43. The number of esters is 1. The molecule has 0 amide bonds. The molecule has 78 valence electrons. The molecule has 1 rings (SSSR count). The van der Waals surface area contributed by atoms with Gasteiger partial charge in [0, 0.05) is 4.88 Å². The molecule has 1 heterocycles. The van der Waals surface area contributed by atoms with Crippen LogP contribution in [-0.4, -0.2) is 24.1 Å². The van der Waals surface area contributed by atoms with E-state index >= 15 is 0 Å². The van der Waals surface area contributed by atoms with Crippen molar-refractivity contribution in [3.05, 3.63) is 22.4 Å². The fraction of sp³-hybridized carbons (Fsp3) is 0.500. The normalized spacial score (nSPS) is 12.4. The summed E-state index contributed by atoms with van der Waals surface area (Å²) in [6.07, 6.45) is 1.03. The quantitative estimate of drug-likeness (QED) is 0.727. The fourth-order valence-electron chi connectivity index (χ4n) is 1.03. The van der Waals surface area contributed by atoms with Gasteiger partial charge in [0.05, 0.1) is 12.4 Å². The number of thioether (sulfide) groups is 1. The van der Waals surface area contributed by atoms with Gasteiger partial charge in [0.2, 0.25) is 0 Å². The molecule has 0 bridgehead atoms. The monoisotopic (exact) mass is 230 g/mol. The first-order chi connectivity index (χ1) is 6.74. The first-order valence-corrected chi connectivity index (χ1v) is 6.38. The van der Waals surface area contributed by atoms with E-state index in [0.717, 1.165) is 12.2 Å². The van der Waals surface area contributed by atoms with Gasteiger partial charge in [0.1, 0.15) is 0 Å². The average molecular weight is 230 g/mol. The molecular formula is C10H14O2S2. The van der Waals surface area contributed by atoms with Crippen molar-refractivity contribution in [3.63, 3.8) is 0 Å². The minimum atomic E-state index is -0.138. The molecule has 0 radical (unpaired) electrons. The molecule has 0 spiro atoms. The standard InChI is InChI=1S/C10H14O2S2/c1-8(10(11)12-2)13-7-5-9-4-3-6-14-9/h3-4,6,8H,5,7H2,1-2H3/t8-/m1/s1. The van der Waals surface area contributed by atoms with Crippen molar-refractivity contribution in [2.24, 2.45) is 0 Å². The van der Waals surface area contributed by atoms with Gasteiger partial charge < -0.3 is 4.74 Å². The van der Waals surface area contributed by atoms with E-state index in [1.807, 2.05) is 6.92 Å². The molecular weight excluding hydrogens is 216 g/mol. The molecule has 0 unspecified atom stereocenters. The Morgan fingerprint density at radius 1 is 1.71 bits per heavy atom. The summed E-state index contributed by atoms with van der Waals surface area (Å²) in [6.45, 7) is 1.88. The molecule has 2 nitrogen and oxygen atoms in total. The predicted octanol–water partition coefficient (Wildman–Crippen LogP) is 2.59. The van der Waals surface area contributed by atoms with Crippen LogP contribution in [0.3, 0.4) is 0 Å². The molecule has 0 aliphatic rings. The Kier molecular flexibility index (Phi) is 5.04. The number of hydrogen-bond donors (Lipinski definition) is 0. The molecule has 1 atom stereocenters. The van der Waals surface area contributed by atoms with E-state index in [9.17, 15) is 4.79 Å². The Labute approximate surface area is 92.7 Å². The molecule has 0 aliphatic carbocycles. The summed E-state index contributed by atoms with van der Waals surface area (Å²) in [5.74, 6) is 0.831. The summed E-state index contributed by atoms with van der Waals surface area (Å²) in [4.78, 5) is 12.4. The minimum Gasteiger partial charge on any atom is -0.468 e. The van der Waals surface area contributed by atoms with Gasteiger partial charge in [-0.25, -0.2) is 0 Å². The maximum Gasteiger partial charge on any atom is 0.318 e. The summed E-state index contributed by atoms with van der Waals surface area (Å²) >= 11 is 3.40. The Morgan fingerprint density at radius 3 is 3.07 bits per heavy atom. The van der Waals surface area contributed by atoms with Crippen molar-refractivity contribution < 1.29 is 9.53 Å². The van der Waals surface area contributed by atoms with E-state index in [0.29, 0.717) is 0 Å². The molecule has 1 aromatic heterocycles. The van der Waals surface area contributed by atoms with Gasteiger partial charge in [-0.05, 0) is 30.5 Å². The van der Waals surface area contributed by atoms with E-state index in [1.165, 1.54) is 12.0 Å². The second-order valence-electron chi connectivity index (χ2n) is 2.87. The van der Waals surface area contributed by atoms with E-state index < -0.39 is 0 Å². The predicted molar refractivity (Wildman–Crippen MR) is 62.0 cm³/mol. The van der Waals surface area contributed by atoms with E-state index in [-0.39, 0.29) is 11.2 Å². The number of methoxy groups -OCH3 is 1. The van der Waals surface area contributed by atoms with Crippen LogP contribution in [0.5, 0.6) is 0 Å². The van der Waals surface area contributed by atoms with Crippen LogP contribution < -0.4 is 0 Å². The van der Waals surface area contributed by atoms with E-state index in [1.54, 1.807) is 23.1 Å². The van der Waals surface area contributed by atoms with Crippen molar-refractivity contribution in [1.82, 2.24) is 0 Å². The zero-order chi connectivity index (χ0) is 10.4. The van der Waals surface area contributed by atoms with Gasteiger partial charge in [-0.1, -0.05) is 6.07 Å². The number of rotatable bonds is 5. The topological polar surface area (TPSA) is 26.3 Å². The highest BCUT2D eigenvalue weighted by Crippen LogP contribution is 2.16. The zero-order valence-corrected chi connectivity index (χ0v) is 9.99. The largest absolute Gasteiger partial charge is 0.468 e. The SMILES string of the molecule is COC(=O)[C@@H](C)SCCc1cccs1. The van der Waals surface area contributed by atoms with Gasteiger partial charge in [-0.3, -0.25) is 4.79 Å². The third-order valence-electron chi connectivity index (χ3n) is 1.83. The Bertz CT molecular complexity index is 270. The number of carbonyl (C=O) groups excluding carboxylic acids is 1. The van der Waals surface area contributed by atoms with Gasteiger partial charge >= 0.3 is 5.97 Å². The molecule has 0 N–H and O–H groups in total. The Morgan fingerprint density at radius 2 is 2.50 bits per heavy atom. The zero-order valence-electron chi connectivity index (χ0n) is 8.36. The lowest BCUT2D eigenvalue weighted by atomic mass is 10.4. The van der Waals surface area contributed by atoms with Crippen LogP contribution in [0.4, 0.5) is 0 Å². The molecule has 4 heteroatoms. The van der Waals surface area contributed by atoms with Gasteiger partial charge in [0.15, 0.2) is 0 Å². The first-order valence-electron chi connectivity index (χ1n) is 4.46. The van der Waals surface area contributed by atoms with Crippen LogP contribution >= 0.6 is 23.1 Å². The number of aryl methyl sites for hydroxylation is 1. The van der Waals surface area contributed by atoms with Gasteiger partial charge in [0.25, 0.3) is 0 Å². The summed E-state index contributed by atoms with van der Waals surface area (Å²) < 4.78 is 4.64. The molecule has 0 aromatic carbocycles. The lowest BCUT2D eigenvalue weighted by molar-refractivity contribution is -0.139.